The Labute approximate surface area is 52.0 Å². The summed E-state index contributed by atoms with van der Waals surface area (Å²) in [5, 5.41) is 0. The van der Waals surface area contributed by atoms with Gasteiger partial charge in [0.25, 0.3) is 0 Å². The summed E-state index contributed by atoms with van der Waals surface area (Å²) in [6.45, 7) is 0. The maximum atomic E-state index is 8.44. The monoisotopic (exact) mass is 194 g/mol. The number of rotatable bonds is 0. The van der Waals surface area contributed by atoms with Crippen molar-refractivity contribution >= 4 is 11.4 Å². The van der Waals surface area contributed by atoms with Crippen molar-refractivity contribution in [3.63, 3.8) is 0 Å². The van der Waals surface area contributed by atoms with Gasteiger partial charge in [0.2, 0.25) is 0 Å². The van der Waals surface area contributed by atoms with E-state index in [2.05, 4.69) is 0 Å². The fourth-order valence-electron chi connectivity index (χ4n) is 0. The van der Waals surface area contributed by atoms with Crippen LogP contribution in [0.1, 0.15) is 0 Å². The minimum atomic E-state index is -3.11. The third-order valence-electron chi connectivity index (χ3n) is 0. The van der Waals surface area contributed by atoms with E-state index in [4.69, 9.17) is 13.3 Å². The van der Waals surface area contributed by atoms with Crippen LogP contribution in [0.15, 0.2) is 0 Å². The first-order valence-electron chi connectivity index (χ1n) is 0.500. The Hall–Kier alpha value is 0.992. The Morgan fingerprint density at radius 1 is 1.40 bits per heavy atom. The summed E-state index contributed by atoms with van der Waals surface area (Å²) in [6.07, 6.45) is 0. The second kappa shape index (κ2) is 4.99. The molecular weight excluding hydrogens is 192 g/mol. The maximum Gasteiger partial charge on any atom is 2.00 e. The SMILES string of the molecule is O=S([O-])[O-].[Cd+2]. The minimum Gasteiger partial charge on any atom is -0.784 e. The molecular formula is CdO3S. The van der Waals surface area contributed by atoms with Gasteiger partial charge >= 0.3 is 27.3 Å². The van der Waals surface area contributed by atoms with Gasteiger partial charge in [0.15, 0.2) is 0 Å². The van der Waals surface area contributed by atoms with Gasteiger partial charge in [-0.15, -0.1) is 11.4 Å². The van der Waals surface area contributed by atoms with E-state index in [-0.39, 0.29) is 27.3 Å². The fourth-order valence-corrected chi connectivity index (χ4v) is 0. The first-order chi connectivity index (χ1) is 1.73. The molecule has 0 bridgehead atoms. The molecule has 0 heterocycles. The molecule has 0 amide bonds. The van der Waals surface area contributed by atoms with Gasteiger partial charge in [0, 0.05) is 0 Å². The van der Waals surface area contributed by atoms with Gasteiger partial charge in [-0.3, -0.25) is 4.21 Å². The van der Waals surface area contributed by atoms with Gasteiger partial charge in [-0.05, 0) is 0 Å². The quantitative estimate of drug-likeness (QED) is 0.365. The molecule has 5 heavy (non-hydrogen) atoms. The Balaban J connectivity index is 0. The summed E-state index contributed by atoms with van der Waals surface area (Å²) in [4.78, 5) is 0. The van der Waals surface area contributed by atoms with Gasteiger partial charge in [-0.25, -0.2) is 0 Å². The molecule has 3 nitrogen and oxygen atoms in total. The van der Waals surface area contributed by atoms with Crippen molar-refractivity contribution in [1.82, 2.24) is 0 Å². The Morgan fingerprint density at radius 3 is 1.40 bits per heavy atom. The molecule has 0 unspecified atom stereocenters. The van der Waals surface area contributed by atoms with Crippen LogP contribution in [0.5, 0.6) is 0 Å². The molecule has 0 N–H and O–H groups in total. The van der Waals surface area contributed by atoms with Gasteiger partial charge in [-0.1, -0.05) is 0 Å². The van der Waals surface area contributed by atoms with E-state index in [9.17, 15) is 0 Å². The summed E-state index contributed by atoms with van der Waals surface area (Å²) in [5.74, 6) is 0. The van der Waals surface area contributed by atoms with Gasteiger partial charge in [-0.2, -0.15) is 0 Å². The summed E-state index contributed by atoms with van der Waals surface area (Å²) in [7, 11) is 0. The molecule has 0 saturated carbocycles. The van der Waals surface area contributed by atoms with Crippen LogP contribution in [0, 0.1) is 0 Å². The second-order valence-corrected chi connectivity index (χ2v) is 0.612. The molecule has 0 aromatic heterocycles. The summed E-state index contributed by atoms with van der Waals surface area (Å²) >= 11 is -3.11. The predicted octanol–water partition coefficient (Wildman–Crippen LogP) is -1.01. The largest absolute Gasteiger partial charge is 2.00 e. The average Bonchev–Trinajstić information content (AvgIpc) is 0.811. The topological polar surface area (TPSA) is 63.2 Å². The Morgan fingerprint density at radius 2 is 1.40 bits per heavy atom. The van der Waals surface area contributed by atoms with Gasteiger partial charge < -0.3 is 9.11 Å². The maximum absolute atomic E-state index is 8.44. The second-order valence-electron chi connectivity index (χ2n) is 0.204. The predicted molar refractivity (Wildman–Crippen MR) is 9.70 cm³/mol. The number of hydrogen-bond donors (Lipinski definition) is 0. The van der Waals surface area contributed by atoms with Crippen molar-refractivity contribution in [3.05, 3.63) is 0 Å². The Kier molecular flexibility index (Phi) is 9.36. The standard InChI is InChI=1S/Cd.H2O3S/c;1-4(2)3/h;(H2,1,2,3)/q+2;/p-2. The van der Waals surface area contributed by atoms with Crippen LogP contribution in [0.3, 0.4) is 0 Å². The van der Waals surface area contributed by atoms with Crippen LogP contribution in [0.2, 0.25) is 0 Å². The van der Waals surface area contributed by atoms with E-state index in [1.165, 1.54) is 0 Å². The third kappa shape index (κ3) is 45.4. The van der Waals surface area contributed by atoms with E-state index in [1.54, 1.807) is 0 Å². The van der Waals surface area contributed by atoms with Crippen molar-refractivity contribution in [3.8, 4) is 0 Å². The van der Waals surface area contributed by atoms with Gasteiger partial charge in [0.1, 0.15) is 0 Å². The van der Waals surface area contributed by atoms with Crippen molar-refractivity contribution in [2.75, 3.05) is 0 Å². The van der Waals surface area contributed by atoms with Crippen molar-refractivity contribution in [1.29, 1.82) is 0 Å². The molecule has 0 radical (unpaired) electrons. The molecule has 26 valence electrons. The zero-order valence-electron chi connectivity index (χ0n) is 2.34. The third-order valence-corrected chi connectivity index (χ3v) is 0. The first kappa shape index (κ1) is 9.37. The van der Waals surface area contributed by atoms with Crippen molar-refractivity contribution in [2.24, 2.45) is 0 Å². The van der Waals surface area contributed by atoms with Crippen LogP contribution >= 0.6 is 0 Å². The molecule has 0 spiro atoms. The van der Waals surface area contributed by atoms with E-state index < -0.39 is 11.4 Å². The zero-order chi connectivity index (χ0) is 3.58. The smallest absolute Gasteiger partial charge is 0.784 e. The molecule has 5 heteroatoms. The summed E-state index contributed by atoms with van der Waals surface area (Å²) in [5.41, 5.74) is 0. The molecule has 0 fully saturated rings. The van der Waals surface area contributed by atoms with E-state index >= 15 is 0 Å². The summed E-state index contributed by atoms with van der Waals surface area (Å²) in [6, 6.07) is 0. The molecule has 0 aliphatic rings. The first-order valence-corrected chi connectivity index (χ1v) is 1.50. The van der Waals surface area contributed by atoms with E-state index in [0.717, 1.165) is 0 Å². The molecule has 0 rings (SSSR count). The van der Waals surface area contributed by atoms with Crippen LogP contribution in [-0.4, -0.2) is 13.3 Å². The molecule has 0 saturated heterocycles. The normalized spacial score (nSPS) is 7.00. The molecule has 0 aromatic carbocycles. The van der Waals surface area contributed by atoms with Crippen LogP contribution in [-0.2, 0) is 38.7 Å². The average molecular weight is 192 g/mol. The molecule has 0 atom stereocenters. The zero-order valence-corrected chi connectivity index (χ0v) is 7.19. The van der Waals surface area contributed by atoms with Crippen LogP contribution < -0.4 is 0 Å². The van der Waals surface area contributed by atoms with Gasteiger partial charge in [0.05, 0.1) is 0 Å². The molecule has 0 aromatic rings. The molecule has 0 aliphatic carbocycles. The summed E-state index contributed by atoms with van der Waals surface area (Å²) < 4.78 is 25.3. The van der Waals surface area contributed by atoms with Crippen molar-refractivity contribution < 1.29 is 40.6 Å². The molecule has 0 aliphatic heterocycles. The van der Waals surface area contributed by atoms with Crippen LogP contribution in [0.25, 0.3) is 0 Å². The minimum absolute atomic E-state index is 0. The number of hydrogen-bond acceptors (Lipinski definition) is 3. The van der Waals surface area contributed by atoms with E-state index in [0.29, 0.717) is 0 Å². The van der Waals surface area contributed by atoms with E-state index in [1.807, 2.05) is 0 Å². The van der Waals surface area contributed by atoms with Crippen molar-refractivity contribution in [2.45, 2.75) is 0 Å². The van der Waals surface area contributed by atoms with Crippen LogP contribution in [0.4, 0.5) is 0 Å². The fraction of sp³-hybridized carbons (Fsp3) is 0. The Bertz CT molecular complexity index is 29.9.